The van der Waals surface area contributed by atoms with E-state index in [4.69, 9.17) is 0 Å². The largest absolute Gasteiger partial charge is 0.481 e. The molecule has 0 bridgehead atoms. The van der Waals surface area contributed by atoms with Crippen molar-refractivity contribution in [1.82, 2.24) is 0 Å². The van der Waals surface area contributed by atoms with Gasteiger partial charge in [-0.3, -0.25) is 4.79 Å². The lowest BCUT2D eigenvalue weighted by atomic mass is 9.88. The van der Waals surface area contributed by atoms with Gasteiger partial charge >= 0.3 is 5.97 Å². The van der Waals surface area contributed by atoms with Crippen LogP contribution in [0.3, 0.4) is 0 Å². The molecule has 1 N–H and O–H groups in total. The normalized spacial score (nSPS) is 12.7. The third-order valence-electron chi connectivity index (χ3n) is 3.88. The van der Waals surface area contributed by atoms with Crippen LogP contribution in [0.25, 0.3) is 21.5 Å². The summed E-state index contributed by atoms with van der Waals surface area (Å²) < 4.78 is 0. The predicted octanol–water partition coefficient (Wildman–Crippen LogP) is 4.57. The second kappa shape index (κ2) is 4.97. The monoisotopic (exact) mass is 264 g/mol. The van der Waals surface area contributed by atoms with Crippen LogP contribution in [0.5, 0.6) is 0 Å². The second-order valence-corrected chi connectivity index (χ2v) is 5.03. The van der Waals surface area contributed by atoms with Crippen LogP contribution in [0.4, 0.5) is 0 Å². The topological polar surface area (TPSA) is 37.3 Å². The number of carboxylic acid groups (broad SMARTS) is 1. The van der Waals surface area contributed by atoms with Gasteiger partial charge in [0, 0.05) is 0 Å². The first-order valence-corrected chi connectivity index (χ1v) is 6.85. The maximum atomic E-state index is 11.5. The molecule has 2 nitrogen and oxygen atoms in total. The average molecular weight is 264 g/mol. The van der Waals surface area contributed by atoms with Gasteiger partial charge in [0.05, 0.1) is 5.92 Å². The summed E-state index contributed by atoms with van der Waals surface area (Å²) in [6.07, 6.45) is 0.595. The minimum atomic E-state index is -0.757. The van der Waals surface area contributed by atoms with Gasteiger partial charge in [-0.05, 0) is 39.6 Å². The first-order chi connectivity index (χ1) is 9.72. The molecule has 3 rings (SSSR count). The third-order valence-corrected chi connectivity index (χ3v) is 3.88. The van der Waals surface area contributed by atoms with Crippen LogP contribution in [0.15, 0.2) is 54.6 Å². The van der Waals surface area contributed by atoms with Gasteiger partial charge in [-0.15, -0.1) is 0 Å². The standard InChI is InChI=1S/C18H16O2/c1-2-13(18(19)20)17-11-12-7-3-4-8-14(12)15-9-5-6-10-16(15)17/h3-11,13H,2H2,1H3,(H,19,20). The second-order valence-electron chi connectivity index (χ2n) is 5.03. The summed E-state index contributed by atoms with van der Waals surface area (Å²) in [6, 6.07) is 18.2. The molecule has 3 aromatic rings. The number of hydrogen-bond acceptors (Lipinski definition) is 1. The van der Waals surface area contributed by atoms with Crippen molar-refractivity contribution in [2.45, 2.75) is 19.3 Å². The summed E-state index contributed by atoms with van der Waals surface area (Å²) in [5.41, 5.74) is 0.911. The minimum Gasteiger partial charge on any atom is -0.481 e. The number of rotatable bonds is 3. The van der Waals surface area contributed by atoms with Crippen molar-refractivity contribution in [2.75, 3.05) is 0 Å². The molecule has 0 aliphatic heterocycles. The highest BCUT2D eigenvalue weighted by molar-refractivity contribution is 6.10. The van der Waals surface area contributed by atoms with Crippen LogP contribution < -0.4 is 0 Å². The Morgan fingerprint density at radius 2 is 1.60 bits per heavy atom. The lowest BCUT2D eigenvalue weighted by Crippen LogP contribution is -2.11. The number of benzene rings is 3. The molecule has 100 valence electrons. The van der Waals surface area contributed by atoms with Gasteiger partial charge in [-0.2, -0.15) is 0 Å². The first-order valence-electron chi connectivity index (χ1n) is 6.85. The Bertz CT molecular complexity index is 790. The molecule has 0 radical (unpaired) electrons. The Kier molecular flexibility index (Phi) is 3.15. The molecule has 2 heteroatoms. The highest BCUT2D eigenvalue weighted by atomic mass is 16.4. The maximum absolute atomic E-state index is 11.5. The van der Waals surface area contributed by atoms with E-state index in [1.54, 1.807) is 0 Å². The van der Waals surface area contributed by atoms with E-state index in [-0.39, 0.29) is 0 Å². The zero-order chi connectivity index (χ0) is 14.1. The van der Waals surface area contributed by atoms with Gasteiger partial charge in [0.2, 0.25) is 0 Å². The molecule has 1 atom stereocenters. The Hall–Kier alpha value is -2.35. The van der Waals surface area contributed by atoms with Gasteiger partial charge in [0.25, 0.3) is 0 Å². The van der Waals surface area contributed by atoms with Crippen LogP contribution in [-0.2, 0) is 4.79 Å². The number of carbonyl (C=O) groups is 1. The molecule has 0 saturated heterocycles. The predicted molar refractivity (Wildman–Crippen MR) is 82.1 cm³/mol. The Balaban J connectivity index is 2.43. The van der Waals surface area contributed by atoms with Crippen molar-refractivity contribution in [3.8, 4) is 0 Å². The molecule has 0 fully saturated rings. The molecule has 0 aromatic heterocycles. The molecular formula is C18H16O2. The summed E-state index contributed by atoms with van der Waals surface area (Å²) in [5.74, 6) is -1.21. The van der Waals surface area contributed by atoms with E-state index in [1.165, 1.54) is 5.39 Å². The Morgan fingerprint density at radius 3 is 2.25 bits per heavy atom. The summed E-state index contributed by atoms with van der Waals surface area (Å²) in [7, 11) is 0. The van der Waals surface area contributed by atoms with Crippen molar-refractivity contribution >= 4 is 27.5 Å². The molecule has 0 spiro atoms. The van der Waals surface area contributed by atoms with E-state index >= 15 is 0 Å². The molecule has 3 aromatic carbocycles. The molecule has 0 heterocycles. The molecular weight excluding hydrogens is 248 g/mol. The smallest absolute Gasteiger partial charge is 0.310 e. The van der Waals surface area contributed by atoms with E-state index in [2.05, 4.69) is 12.1 Å². The highest BCUT2D eigenvalue weighted by Crippen LogP contribution is 2.34. The van der Waals surface area contributed by atoms with Crippen LogP contribution >= 0.6 is 0 Å². The zero-order valence-electron chi connectivity index (χ0n) is 11.3. The average Bonchev–Trinajstić information content (AvgIpc) is 2.48. The van der Waals surface area contributed by atoms with Crippen molar-refractivity contribution in [3.05, 3.63) is 60.2 Å². The van der Waals surface area contributed by atoms with Gasteiger partial charge in [-0.25, -0.2) is 0 Å². The van der Waals surface area contributed by atoms with E-state index in [0.29, 0.717) is 6.42 Å². The molecule has 1 unspecified atom stereocenters. The number of hydrogen-bond donors (Lipinski definition) is 1. The summed E-state index contributed by atoms with van der Waals surface area (Å²) >= 11 is 0. The fourth-order valence-corrected chi connectivity index (χ4v) is 2.90. The van der Waals surface area contributed by atoms with E-state index in [9.17, 15) is 9.90 Å². The van der Waals surface area contributed by atoms with Gasteiger partial charge in [0.15, 0.2) is 0 Å². The molecule has 0 saturated carbocycles. The van der Waals surface area contributed by atoms with Crippen molar-refractivity contribution < 1.29 is 9.90 Å². The highest BCUT2D eigenvalue weighted by Gasteiger charge is 2.20. The molecule has 0 amide bonds. The maximum Gasteiger partial charge on any atom is 0.310 e. The van der Waals surface area contributed by atoms with Gasteiger partial charge < -0.3 is 5.11 Å². The quantitative estimate of drug-likeness (QED) is 0.703. The van der Waals surface area contributed by atoms with Crippen molar-refractivity contribution in [3.63, 3.8) is 0 Å². The van der Waals surface area contributed by atoms with Gasteiger partial charge in [0.1, 0.15) is 0 Å². The zero-order valence-corrected chi connectivity index (χ0v) is 11.3. The van der Waals surface area contributed by atoms with E-state index < -0.39 is 11.9 Å². The fraction of sp³-hybridized carbons (Fsp3) is 0.167. The van der Waals surface area contributed by atoms with Crippen molar-refractivity contribution in [2.24, 2.45) is 0 Å². The van der Waals surface area contributed by atoms with Crippen LogP contribution in [0.2, 0.25) is 0 Å². The number of carboxylic acids is 1. The minimum absolute atomic E-state index is 0.454. The number of fused-ring (bicyclic) bond motifs is 3. The summed E-state index contributed by atoms with van der Waals surface area (Å²) in [5, 5.41) is 13.9. The van der Waals surface area contributed by atoms with Gasteiger partial charge in [-0.1, -0.05) is 55.5 Å². The van der Waals surface area contributed by atoms with Crippen LogP contribution in [0, 0.1) is 0 Å². The molecule has 20 heavy (non-hydrogen) atoms. The van der Waals surface area contributed by atoms with E-state index in [1.807, 2.05) is 49.4 Å². The Labute approximate surface area is 117 Å². The summed E-state index contributed by atoms with van der Waals surface area (Å²) in [4.78, 5) is 11.5. The van der Waals surface area contributed by atoms with Crippen LogP contribution in [0.1, 0.15) is 24.8 Å². The van der Waals surface area contributed by atoms with E-state index in [0.717, 1.165) is 21.7 Å². The van der Waals surface area contributed by atoms with Crippen molar-refractivity contribution in [1.29, 1.82) is 0 Å². The van der Waals surface area contributed by atoms with Crippen LogP contribution in [-0.4, -0.2) is 11.1 Å². The Morgan fingerprint density at radius 1 is 1.00 bits per heavy atom. The number of aliphatic carboxylic acids is 1. The molecule has 0 aliphatic rings. The lowest BCUT2D eigenvalue weighted by Gasteiger charge is -2.15. The first kappa shape index (κ1) is 12.7. The fourth-order valence-electron chi connectivity index (χ4n) is 2.90. The molecule has 0 aliphatic carbocycles. The SMILES string of the molecule is CCC(C(=O)O)c1cc2ccccc2c2ccccc12. The summed E-state index contributed by atoms with van der Waals surface area (Å²) in [6.45, 7) is 1.92. The lowest BCUT2D eigenvalue weighted by molar-refractivity contribution is -0.138. The third kappa shape index (κ3) is 1.94.